The molecule has 35 heavy (non-hydrogen) atoms. The van der Waals surface area contributed by atoms with E-state index in [1.807, 2.05) is 60.7 Å². The summed E-state index contributed by atoms with van der Waals surface area (Å²) in [6, 6.07) is 24.0. The summed E-state index contributed by atoms with van der Waals surface area (Å²) >= 11 is 6.73. The van der Waals surface area contributed by atoms with Crippen molar-refractivity contribution >= 4 is 45.7 Å². The van der Waals surface area contributed by atoms with E-state index < -0.39 is 5.97 Å². The summed E-state index contributed by atoms with van der Waals surface area (Å²) < 4.78 is 0. The molecule has 1 aliphatic carbocycles. The molecule has 0 spiro atoms. The number of hydrogen-bond donors (Lipinski definition) is 2. The van der Waals surface area contributed by atoms with Gasteiger partial charge in [-0.15, -0.1) is 0 Å². The van der Waals surface area contributed by atoms with Gasteiger partial charge in [0, 0.05) is 16.5 Å². The Kier molecular flexibility index (Phi) is 6.22. The zero-order valence-corrected chi connectivity index (χ0v) is 19.6. The number of aliphatic carboxylic acids is 1. The minimum absolute atomic E-state index is 0.360. The van der Waals surface area contributed by atoms with Crippen molar-refractivity contribution in [3.8, 4) is 6.07 Å². The van der Waals surface area contributed by atoms with Gasteiger partial charge in [-0.3, -0.25) is 5.10 Å². The molecular formula is C29H22ClN3O2. The van der Waals surface area contributed by atoms with Crippen molar-refractivity contribution in [2.75, 3.05) is 0 Å². The minimum atomic E-state index is -0.984. The molecule has 172 valence electrons. The second kappa shape index (κ2) is 9.61. The molecule has 1 aliphatic rings. The van der Waals surface area contributed by atoms with E-state index in [4.69, 9.17) is 16.7 Å². The standard InChI is InChI=1S/C29H22ClN3O2/c30-24-7-2-1-6-22(24)29(19-4-3-5-19)28(20-11-8-18(9-12-20)10-15-27(34)35)21-13-14-25-23(16-21)26(17-31)33-32-25/h1-2,6-16,19H,3-5H2,(H,32,33)(H,34,35)/b15-10+,29-28+. The fourth-order valence-electron chi connectivity index (χ4n) is 4.60. The van der Waals surface area contributed by atoms with Crippen LogP contribution < -0.4 is 0 Å². The van der Waals surface area contributed by atoms with Crippen LogP contribution in [0.4, 0.5) is 0 Å². The second-order valence-electron chi connectivity index (χ2n) is 8.63. The van der Waals surface area contributed by atoms with E-state index in [1.54, 1.807) is 6.08 Å². The number of carbonyl (C=O) groups is 1. The Balaban J connectivity index is 1.77. The summed E-state index contributed by atoms with van der Waals surface area (Å²) in [5, 5.41) is 27.0. The quantitative estimate of drug-likeness (QED) is 0.231. The average molecular weight is 480 g/mol. The Labute approximate surface area is 208 Å². The summed E-state index contributed by atoms with van der Waals surface area (Å²) in [5.41, 5.74) is 7.21. The zero-order chi connectivity index (χ0) is 24.4. The Morgan fingerprint density at radius 2 is 1.83 bits per heavy atom. The third-order valence-electron chi connectivity index (χ3n) is 6.52. The number of rotatable bonds is 6. The normalized spacial score (nSPS) is 14.5. The van der Waals surface area contributed by atoms with Crippen LogP contribution in [0.5, 0.6) is 0 Å². The van der Waals surface area contributed by atoms with Gasteiger partial charge in [0.1, 0.15) is 6.07 Å². The van der Waals surface area contributed by atoms with E-state index in [1.165, 1.54) is 12.0 Å². The van der Waals surface area contributed by atoms with Crippen molar-refractivity contribution in [1.82, 2.24) is 10.2 Å². The maximum atomic E-state index is 10.9. The van der Waals surface area contributed by atoms with E-state index in [0.717, 1.165) is 57.6 Å². The molecule has 1 fully saturated rings. The molecule has 3 aromatic carbocycles. The van der Waals surface area contributed by atoms with Crippen LogP contribution in [-0.4, -0.2) is 21.3 Å². The molecule has 0 unspecified atom stereocenters. The van der Waals surface area contributed by atoms with Crippen LogP contribution in [-0.2, 0) is 4.79 Å². The number of aromatic amines is 1. The molecule has 1 aromatic heterocycles. The van der Waals surface area contributed by atoms with E-state index in [-0.39, 0.29) is 0 Å². The molecule has 0 saturated heterocycles. The summed E-state index contributed by atoms with van der Waals surface area (Å²) in [5.74, 6) is -0.616. The van der Waals surface area contributed by atoms with Gasteiger partial charge in [0.25, 0.3) is 0 Å². The van der Waals surface area contributed by atoms with Crippen LogP contribution in [0.1, 0.15) is 47.2 Å². The molecule has 5 nitrogen and oxygen atoms in total. The van der Waals surface area contributed by atoms with Gasteiger partial charge in [0.05, 0.1) is 5.52 Å². The largest absolute Gasteiger partial charge is 0.478 e. The Hall–Kier alpha value is -4.14. The maximum Gasteiger partial charge on any atom is 0.328 e. The number of fused-ring (bicyclic) bond motifs is 1. The number of benzene rings is 3. The van der Waals surface area contributed by atoms with Crippen molar-refractivity contribution in [3.63, 3.8) is 0 Å². The lowest BCUT2D eigenvalue weighted by atomic mass is 9.73. The van der Waals surface area contributed by atoms with Gasteiger partial charge in [-0.05, 0) is 76.4 Å². The molecule has 0 amide bonds. The van der Waals surface area contributed by atoms with E-state index in [2.05, 4.69) is 22.3 Å². The van der Waals surface area contributed by atoms with Gasteiger partial charge < -0.3 is 5.11 Å². The fraction of sp³-hybridized carbons (Fsp3) is 0.138. The molecule has 2 N–H and O–H groups in total. The lowest BCUT2D eigenvalue weighted by Crippen LogP contribution is -2.15. The first-order chi connectivity index (χ1) is 17.0. The predicted octanol–water partition coefficient (Wildman–Crippen LogP) is 6.94. The smallest absolute Gasteiger partial charge is 0.328 e. The monoisotopic (exact) mass is 479 g/mol. The molecule has 0 bridgehead atoms. The average Bonchev–Trinajstić information content (AvgIpc) is 3.25. The second-order valence-corrected chi connectivity index (χ2v) is 9.04. The molecule has 1 saturated carbocycles. The van der Waals surface area contributed by atoms with Crippen LogP contribution in [0.25, 0.3) is 28.1 Å². The number of nitrogens with zero attached hydrogens (tertiary/aromatic N) is 2. The topological polar surface area (TPSA) is 89.8 Å². The summed E-state index contributed by atoms with van der Waals surface area (Å²) in [7, 11) is 0. The lowest BCUT2D eigenvalue weighted by Gasteiger charge is -2.32. The Bertz CT molecular complexity index is 1520. The number of H-pyrrole nitrogens is 1. The highest BCUT2D eigenvalue weighted by molar-refractivity contribution is 6.32. The first kappa shape index (κ1) is 22.6. The first-order valence-electron chi connectivity index (χ1n) is 11.4. The highest BCUT2D eigenvalue weighted by Crippen LogP contribution is 2.47. The number of carboxylic acid groups (broad SMARTS) is 1. The maximum absolute atomic E-state index is 10.9. The van der Waals surface area contributed by atoms with Crippen LogP contribution in [0, 0.1) is 17.2 Å². The van der Waals surface area contributed by atoms with Gasteiger partial charge in [-0.2, -0.15) is 10.4 Å². The molecule has 1 heterocycles. The molecule has 0 radical (unpaired) electrons. The number of allylic oxidation sites excluding steroid dienone is 1. The fourth-order valence-corrected chi connectivity index (χ4v) is 4.83. The summed E-state index contributed by atoms with van der Waals surface area (Å²) in [4.78, 5) is 10.9. The third kappa shape index (κ3) is 4.49. The Morgan fingerprint density at radius 1 is 1.09 bits per heavy atom. The van der Waals surface area contributed by atoms with Crippen molar-refractivity contribution < 1.29 is 9.90 Å². The highest BCUT2D eigenvalue weighted by Gasteiger charge is 2.28. The number of carboxylic acids is 1. The van der Waals surface area contributed by atoms with E-state index in [0.29, 0.717) is 16.6 Å². The van der Waals surface area contributed by atoms with E-state index >= 15 is 0 Å². The number of hydrogen-bond acceptors (Lipinski definition) is 3. The van der Waals surface area contributed by atoms with Crippen LogP contribution >= 0.6 is 11.6 Å². The molecule has 5 rings (SSSR count). The van der Waals surface area contributed by atoms with Gasteiger partial charge in [0.2, 0.25) is 0 Å². The summed E-state index contributed by atoms with van der Waals surface area (Å²) in [6.45, 7) is 0. The van der Waals surface area contributed by atoms with Crippen molar-refractivity contribution in [2.24, 2.45) is 5.92 Å². The Morgan fingerprint density at radius 3 is 2.49 bits per heavy atom. The number of halogens is 1. The SMILES string of the molecule is N#Cc1n[nH]c2ccc(/C(=C(/c3ccccc3Cl)C3CCC3)c3ccc(/C=C/C(=O)O)cc3)cc12. The van der Waals surface area contributed by atoms with Crippen molar-refractivity contribution in [2.45, 2.75) is 19.3 Å². The molecular weight excluding hydrogens is 458 g/mol. The first-order valence-corrected chi connectivity index (χ1v) is 11.8. The molecule has 4 aromatic rings. The van der Waals surface area contributed by atoms with E-state index in [9.17, 15) is 10.1 Å². The van der Waals surface area contributed by atoms with Gasteiger partial charge in [-0.25, -0.2) is 4.79 Å². The molecule has 0 aliphatic heterocycles. The van der Waals surface area contributed by atoms with Gasteiger partial charge in [-0.1, -0.05) is 66.6 Å². The number of aromatic nitrogens is 2. The highest BCUT2D eigenvalue weighted by atomic mass is 35.5. The van der Waals surface area contributed by atoms with Crippen molar-refractivity contribution in [3.05, 3.63) is 106 Å². The predicted molar refractivity (Wildman–Crippen MR) is 139 cm³/mol. The van der Waals surface area contributed by atoms with Crippen molar-refractivity contribution in [1.29, 1.82) is 5.26 Å². The minimum Gasteiger partial charge on any atom is -0.478 e. The summed E-state index contributed by atoms with van der Waals surface area (Å²) in [6.07, 6.45) is 6.05. The van der Waals surface area contributed by atoms with Crippen LogP contribution in [0.15, 0.2) is 72.8 Å². The van der Waals surface area contributed by atoms with Crippen LogP contribution in [0.3, 0.4) is 0 Å². The lowest BCUT2D eigenvalue weighted by molar-refractivity contribution is -0.131. The molecule has 6 heteroatoms. The van der Waals surface area contributed by atoms with Gasteiger partial charge in [0.15, 0.2) is 5.69 Å². The van der Waals surface area contributed by atoms with Gasteiger partial charge >= 0.3 is 5.97 Å². The van der Waals surface area contributed by atoms with Crippen LogP contribution in [0.2, 0.25) is 5.02 Å². The number of nitrogens with one attached hydrogen (secondary N) is 1. The number of nitriles is 1. The zero-order valence-electron chi connectivity index (χ0n) is 18.8. The molecule has 0 atom stereocenters. The third-order valence-corrected chi connectivity index (χ3v) is 6.85.